The zero-order chi connectivity index (χ0) is 15.1. The van der Waals surface area contributed by atoms with E-state index in [0.29, 0.717) is 12.1 Å². The van der Waals surface area contributed by atoms with Crippen LogP contribution in [0.25, 0.3) is 5.31 Å². The fraction of sp³-hybridized carbons (Fsp3) is 0.556. The Balaban J connectivity index is 2.38. The lowest BCUT2D eigenvalue weighted by atomic mass is 9.95. The molecule has 0 saturated heterocycles. The second-order valence-electron chi connectivity index (χ2n) is 7.19. The molecule has 1 aliphatic rings. The fourth-order valence-corrected chi connectivity index (χ4v) is 6.30. The summed E-state index contributed by atoms with van der Waals surface area (Å²) in [6, 6.07) is 12.1. The van der Waals surface area contributed by atoms with E-state index >= 15 is 0 Å². The van der Waals surface area contributed by atoms with Crippen LogP contribution in [0.1, 0.15) is 54.0 Å². The Labute approximate surface area is 125 Å². The zero-order valence-electron chi connectivity index (χ0n) is 13.9. The van der Waals surface area contributed by atoms with Crippen molar-refractivity contribution in [3.63, 3.8) is 0 Å². The lowest BCUT2D eigenvalue weighted by molar-refractivity contribution is 0.327. The predicted molar refractivity (Wildman–Crippen MR) is 91.8 cm³/mol. The molecule has 1 atom stereocenters. The summed E-state index contributed by atoms with van der Waals surface area (Å²) in [5.41, 5.74) is 1.70. The summed E-state index contributed by atoms with van der Waals surface area (Å²) in [5, 5.41) is 3.30. The summed E-state index contributed by atoms with van der Waals surface area (Å²) in [4.78, 5) is 0. The van der Waals surface area contributed by atoms with Crippen LogP contribution in [0.4, 0.5) is 0 Å². The predicted octanol–water partition coefficient (Wildman–Crippen LogP) is 5.93. The van der Waals surface area contributed by atoms with Crippen LogP contribution in [0.3, 0.4) is 0 Å². The summed E-state index contributed by atoms with van der Waals surface area (Å²) in [6.45, 7) is 16.4. The zero-order valence-corrected chi connectivity index (χ0v) is 14.8. The summed E-state index contributed by atoms with van der Waals surface area (Å²) in [5.74, 6) is 0. The summed E-state index contributed by atoms with van der Waals surface area (Å²) in [6.07, 6.45) is 0. The Morgan fingerprint density at radius 1 is 0.900 bits per heavy atom. The Hall–Kier alpha value is -0.650. The molecular formula is C18H28NP. The molecule has 0 radical (unpaired) electrons. The quantitative estimate of drug-likeness (QED) is 0.621. The lowest BCUT2D eigenvalue weighted by Crippen LogP contribution is -2.30. The minimum absolute atomic E-state index is 0.217. The maximum absolute atomic E-state index is 2.71. The largest absolute Gasteiger partial charge is 0.270 e. The van der Waals surface area contributed by atoms with E-state index in [1.165, 1.54) is 5.56 Å². The maximum Gasteiger partial charge on any atom is 0.0266 e. The van der Waals surface area contributed by atoms with Gasteiger partial charge < -0.3 is 0 Å². The van der Waals surface area contributed by atoms with E-state index in [-0.39, 0.29) is 13.5 Å². The molecule has 0 aliphatic carbocycles. The van der Waals surface area contributed by atoms with Crippen LogP contribution in [0, 0.1) is 5.41 Å². The third-order valence-electron chi connectivity index (χ3n) is 3.64. The number of benzene rings is 1. The standard InChI is InChI=1S/C18H28NP/c1-13(2)19(14(3)4)20-16(17(20)18(5,6)7)15-11-9-8-10-12-15/h8-14H,1-7H3/t20-/m0/s1. The molecule has 0 saturated carbocycles. The molecule has 20 heavy (non-hydrogen) atoms. The van der Waals surface area contributed by atoms with E-state index in [1.54, 1.807) is 10.6 Å². The highest BCUT2D eigenvalue weighted by Gasteiger charge is 2.48. The van der Waals surface area contributed by atoms with Gasteiger partial charge in [0, 0.05) is 25.5 Å². The van der Waals surface area contributed by atoms with Crippen molar-refractivity contribution < 1.29 is 0 Å². The average Bonchev–Trinajstić information content (AvgIpc) is 3.04. The Bertz CT molecular complexity index is 486. The molecule has 110 valence electrons. The first-order valence-corrected chi connectivity index (χ1v) is 8.93. The van der Waals surface area contributed by atoms with Crippen molar-refractivity contribution in [1.29, 1.82) is 0 Å². The van der Waals surface area contributed by atoms with E-state index in [0.717, 1.165) is 0 Å². The van der Waals surface area contributed by atoms with Crippen molar-refractivity contribution in [2.45, 2.75) is 60.5 Å². The van der Waals surface area contributed by atoms with Gasteiger partial charge >= 0.3 is 0 Å². The summed E-state index contributed by atoms with van der Waals surface area (Å²) < 4.78 is 2.71. The van der Waals surface area contributed by atoms with E-state index in [4.69, 9.17) is 0 Å². The molecule has 0 N–H and O–H groups in total. The second-order valence-corrected chi connectivity index (χ2v) is 9.17. The van der Waals surface area contributed by atoms with Gasteiger partial charge in [-0.2, -0.15) is 0 Å². The average molecular weight is 289 g/mol. The van der Waals surface area contributed by atoms with Crippen LogP contribution in [-0.2, 0) is 0 Å². The van der Waals surface area contributed by atoms with Gasteiger partial charge in [-0.1, -0.05) is 51.1 Å². The van der Waals surface area contributed by atoms with Gasteiger partial charge in [0.15, 0.2) is 0 Å². The van der Waals surface area contributed by atoms with Gasteiger partial charge in [0.25, 0.3) is 0 Å². The lowest BCUT2D eigenvalue weighted by Gasteiger charge is -2.33. The number of hydrogen-bond acceptors (Lipinski definition) is 1. The Morgan fingerprint density at radius 2 is 1.40 bits per heavy atom. The van der Waals surface area contributed by atoms with E-state index < -0.39 is 0 Å². The molecule has 1 aromatic rings. The normalized spacial score (nSPS) is 19.4. The topological polar surface area (TPSA) is 3.24 Å². The molecule has 2 rings (SSSR count). The van der Waals surface area contributed by atoms with Crippen molar-refractivity contribution in [3.05, 3.63) is 41.2 Å². The molecule has 1 heterocycles. The highest BCUT2D eigenvalue weighted by Crippen LogP contribution is 2.81. The molecule has 0 fully saturated rings. The molecule has 0 amide bonds. The van der Waals surface area contributed by atoms with Crippen LogP contribution in [0.5, 0.6) is 0 Å². The van der Waals surface area contributed by atoms with Crippen molar-refractivity contribution in [2.75, 3.05) is 0 Å². The van der Waals surface area contributed by atoms with Crippen molar-refractivity contribution in [1.82, 2.24) is 4.67 Å². The van der Waals surface area contributed by atoms with E-state index in [2.05, 4.69) is 83.5 Å². The summed E-state index contributed by atoms with van der Waals surface area (Å²) >= 11 is 0. The van der Waals surface area contributed by atoms with Crippen LogP contribution in [0.2, 0.25) is 0 Å². The molecule has 0 bridgehead atoms. The number of allylic oxidation sites excluding steroid dienone is 1. The molecule has 0 spiro atoms. The van der Waals surface area contributed by atoms with E-state index in [9.17, 15) is 0 Å². The molecule has 1 nitrogen and oxygen atoms in total. The van der Waals surface area contributed by atoms with Gasteiger partial charge in [0.1, 0.15) is 0 Å². The molecular weight excluding hydrogens is 261 g/mol. The maximum atomic E-state index is 2.71. The highest BCUT2D eigenvalue weighted by molar-refractivity contribution is 7.79. The highest BCUT2D eigenvalue weighted by atomic mass is 31.1. The van der Waals surface area contributed by atoms with Crippen LogP contribution in [-0.4, -0.2) is 16.8 Å². The molecule has 1 aromatic carbocycles. The van der Waals surface area contributed by atoms with Crippen LogP contribution >= 0.6 is 8.07 Å². The minimum Gasteiger partial charge on any atom is -0.270 e. The van der Waals surface area contributed by atoms with Gasteiger partial charge in [0.05, 0.1) is 0 Å². The van der Waals surface area contributed by atoms with Crippen LogP contribution in [0.15, 0.2) is 35.6 Å². The van der Waals surface area contributed by atoms with E-state index in [1.807, 2.05) is 0 Å². The number of nitrogens with zero attached hydrogens (tertiary/aromatic N) is 1. The first kappa shape index (κ1) is 15.7. The minimum atomic E-state index is -0.217. The van der Waals surface area contributed by atoms with Crippen LogP contribution < -0.4 is 0 Å². The molecule has 0 unspecified atom stereocenters. The molecule has 1 aliphatic heterocycles. The summed E-state index contributed by atoms with van der Waals surface area (Å²) in [7, 11) is -0.217. The Kier molecular flexibility index (Phi) is 4.42. The van der Waals surface area contributed by atoms with Gasteiger partial charge in [-0.3, -0.25) is 4.67 Å². The molecule has 2 heteroatoms. The van der Waals surface area contributed by atoms with Gasteiger partial charge in [0.2, 0.25) is 0 Å². The van der Waals surface area contributed by atoms with Gasteiger partial charge in [-0.15, -0.1) is 0 Å². The van der Waals surface area contributed by atoms with Gasteiger partial charge in [-0.25, -0.2) is 0 Å². The third-order valence-corrected chi connectivity index (χ3v) is 7.03. The van der Waals surface area contributed by atoms with Crippen molar-refractivity contribution >= 4 is 13.4 Å². The number of rotatable bonds is 4. The third kappa shape index (κ3) is 3.00. The first-order chi connectivity index (χ1) is 9.25. The van der Waals surface area contributed by atoms with Crippen molar-refractivity contribution in [2.24, 2.45) is 5.41 Å². The first-order valence-electron chi connectivity index (χ1n) is 7.63. The number of hydrogen-bond donors (Lipinski definition) is 0. The molecule has 0 aromatic heterocycles. The SMILES string of the molecule is CC(C)N(C(C)C)[P@@]1C(c2ccccc2)=C1C(C)(C)C. The monoisotopic (exact) mass is 289 g/mol. The Morgan fingerprint density at radius 3 is 1.80 bits per heavy atom. The smallest absolute Gasteiger partial charge is 0.0266 e. The fourth-order valence-electron chi connectivity index (χ4n) is 2.97. The van der Waals surface area contributed by atoms with Gasteiger partial charge in [-0.05, 0) is 44.0 Å². The second kappa shape index (κ2) is 5.62. The van der Waals surface area contributed by atoms with Crippen molar-refractivity contribution in [3.8, 4) is 0 Å².